The highest BCUT2D eigenvalue weighted by Crippen LogP contribution is 2.40. The smallest absolute Gasteiger partial charge is 0.258 e. The van der Waals surface area contributed by atoms with Crippen LogP contribution >= 0.6 is 0 Å². The number of nitrogens with zero attached hydrogens (tertiary/aromatic N) is 4. The second-order valence-electron chi connectivity index (χ2n) is 4.58. The average molecular weight is 292 g/mol. The molecular weight excluding hydrogens is 280 g/mol. The Balaban J connectivity index is 3.64. The van der Waals surface area contributed by atoms with Crippen LogP contribution in [0.1, 0.15) is 38.5 Å². The van der Waals surface area contributed by atoms with Gasteiger partial charge in [0, 0.05) is 0 Å². The summed E-state index contributed by atoms with van der Waals surface area (Å²) in [5, 5.41) is 44.6. The molecule has 0 aliphatic heterocycles. The molecule has 0 N–H and O–H groups in total. The van der Waals surface area contributed by atoms with Crippen molar-refractivity contribution in [1.29, 1.82) is 0 Å². The summed E-state index contributed by atoms with van der Waals surface area (Å²) >= 11 is 0. The third kappa shape index (κ3) is 1.92. The fraction of sp³-hybridized carbons (Fsp3) is 1.00. The normalized spacial score (nSPS) is 21.2. The van der Waals surface area contributed by atoms with E-state index >= 15 is 0 Å². The number of nitro groups is 4. The molecule has 20 heavy (non-hydrogen) atoms. The maximum Gasteiger partial charge on any atom is 0.593 e. The Morgan fingerprint density at radius 1 is 0.550 bits per heavy atom. The zero-order valence-electron chi connectivity index (χ0n) is 10.3. The lowest BCUT2D eigenvalue weighted by Crippen LogP contribution is -2.71. The molecule has 0 atom stereocenters. The molecule has 0 heterocycles. The van der Waals surface area contributed by atoms with Crippen molar-refractivity contribution in [2.45, 2.75) is 49.9 Å². The van der Waals surface area contributed by atoms with E-state index in [9.17, 15) is 40.5 Å². The van der Waals surface area contributed by atoms with Crippen molar-refractivity contribution in [3.05, 3.63) is 40.5 Å². The molecule has 0 saturated heterocycles. The van der Waals surface area contributed by atoms with Gasteiger partial charge in [0.1, 0.15) is 32.5 Å². The van der Waals surface area contributed by atoms with Crippen molar-refractivity contribution in [2.24, 2.45) is 0 Å². The number of rotatable bonds is 4. The van der Waals surface area contributed by atoms with E-state index in [1.807, 2.05) is 0 Å². The molecule has 1 aliphatic rings. The first-order chi connectivity index (χ1) is 9.23. The van der Waals surface area contributed by atoms with Crippen molar-refractivity contribution < 1.29 is 19.7 Å². The zero-order valence-corrected chi connectivity index (χ0v) is 10.3. The van der Waals surface area contributed by atoms with Crippen LogP contribution in [0.15, 0.2) is 0 Å². The Morgan fingerprint density at radius 3 is 1.00 bits per heavy atom. The summed E-state index contributed by atoms with van der Waals surface area (Å²) < 4.78 is 0. The molecule has 0 bridgehead atoms. The lowest BCUT2D eigenvalue weighted by atomic mass is 9.82. The molecule has 0 spiro atoms. The highest BCUT2D eigenvalue weighted by atomic mass is 16.7. The van der Waals surface area contributed by atoms with Crippen LogP contribution in [0.3, 0.4) is 0 Å². The molecule has 112 valence electrons. The van der Waals surface area contributed by atoms with Crippen LogP contribution in [-0.2, 0) is 0 Å². The first-order valence-electron chi connectivity index (χ1n) is 5.81. The Kier molecular flexibility index (Phi) is 4.15. The van der Waals surface area contributed by atoms with Gasteiger partial charge in [0.25, 0.3) is 0 Å². The van der Waals surface area contributed by atoms with Crippen LogP contribution in [0.2, 0.25) is 0 Å². The van der Waals surface area contributed by atoms with Crippen LogP contribution in [0.5, 0.6) is 0 Å². The van der Waals surface area contributed by atoms with E-state index in [1.54, 1.807) is 0 Å². The third-order valence-electron chi connectivity index (χ3n) is 3.65. The molecule has 1 aliphatic carbocycles. The van der Waals surface area contributed by atoms with Gasteiger partial charge >= 0.3 is 11.3 Å². The minimum absolute atomic E-state index is 0.0502. The van der Waals surface area contributed by atoms with Gasteiger partial charge in [-0.3, -0.25) is 40.5 Å². The van der Waals surface area contributed by atoms with E-state index in [2.05, 4.69) is 0 Å². The number of hydrogen-bond donors (Lipinski definition) is 0. The summed E-state index contributed by atoms with van der Waals surface area (Å²) in [5.41, 5.74) is -6.89. The Labute approximate surface area is 111 Å². The second kappa shape index (κ2) is 5.30. The van der Waals surface area contributed by atoms with Gasteiger partial charge in [-0.1, -0.05) is 12.8 Å². The van der Waals surface area contributed by atoms with Gasteiger partial charge in [-0.05, 0) is 12.8 Å². The molecule has 0 radical (unpaired) electrons. The summed E-state index contributed by atoms with van der Waals surface area (Å²) in [6.45, 7) is 0. The summed E-state index contributed by atoms with van der Waals surface area (Å²) in [6.07, 6.45) is -0.982. The second-order valence-corrected chi connectivity index (χ2v) is 4.58. The monoisotopic (exact) mass is 292 g/mol. The molecule has 12 heteroatoms. The molecule has 0 amide bonds. The Bertz CT molecular complexity index is 393. The predicted octanol–water partition coefficient (Wildman–Crippen LogP) is 0.840. The van der Waals surface area contributed by atoms with Crippen molar-refractivity contribution in [3.8, 4) is 0 Å². The minimum atomic E-state index is -3.44. The van der Waals surface area contributed by atoms with E-state index in [0.717, 1.165) is 0 Å². The topological polar surface area (TPSA) is 173 Å². The molecule has 1 saturated carbocycles. The van der Waals surface area contributed by atoms with Crippen molar-refractivity contribution >= 4 is 0 Å². The van der Waals surface area contributed by atoms with Gasteiger partial charge in [-0.25, -0.2) is 0 Å². The SMILES string of the molecule is O=[N+]([O-])C1([N+](=O)[O-])CCCCCCC1([N+](=O)[O-])[N+](=O)[O-]. The largest absolute Gasteiger partial charge is 0.593 e. The van der Waals surface area contributed by atoms with Gasteiger partial charge in [0.2, 0.25) is 0 Å². The van der Waals surface area contributed by atoms with E-state index in [4.69, 9.17) is 0 Å². The lowest BCUT2D eigenvalue weighted by molar-refractivity contribution is -0.938. The molecule has 1 fully saturated rings. The first kappa shape index (κ1) is 15.7. The number of hydrogen-bond acceptors (Lipinski definition) is 8. The highest BCUT2D eigenvalue weighted by Gasteiger charge is 2.89. The molecule has 0 unspecified atom stereocenters. The fourth-order valence-corrected chi connectivity index (χ4v) is 2.58. The van der Waals surface area contributed by atoms with Crippen LogP contribution in [0, 0.1) is 40.5 Å². The predicted molar refractivity (Wildman–Crippen MR) is 61.1 cm³/mol. The molecule has 0 aromatic rings. The summed E-state index contributed by atoms with van der Waals surface area (Å²) in [7, 11) is 0. The van der Waals surface area contributed by atoms with Gasteiger partial charge in [-0.2, -0.15) is 0 Å². The maximum absolute atomic E-state index is 11.2. The van der Waals surface area contributed by atoms with Crippen LogP contribution in [0.25, 0.3) is 0 Å². The van der Waals surface area contributed by atoms with Crippen molar-refractivity contribution in [2.75, 3.05) is 0 Å². The molecule has 0 aromatic carbocycles. The van der Waals surface area contributed by atoms with Crippen LogP contribution in [0.4, 0.5) is 0 Å². The summed E-state index contributed by atoms with van der Waals surface area (Å²) in [6, 6.07) is 0. The quantitative estimate of drug-likeness (QED) is 0.416. The minimum Gasteiger partial charge on any atom is -0.258 e. The summed E-state index contributed by atoms with van der Waals surface area (Å²) in [4.78, 5) is 38.7. The van der Waals surface area contributed by atoms with E-state index in [0.29, 0.717) is 12.8 Å². The fourth-order valence-electron chi connectivity index (χ4n) is 2.58. The van der Waals surface area contributed by atoms with Gasteiger partial charge < -0.3 is 0 Å². The average Bonchev–Trinajstić information content (AvgIpc) is 2.27. The van der Waals surface area contributed by atoms with Gasteiger partial charge in [-0.15, -0.1) is 0 Å². The van der Waals surface area contributed by atoms with Crippen molar-refractivity contribution in [3.63, 3.8) is 0 Å². The van der Waals surface area contributed by atoms with E-state index in [1.165, 1.54) is 0 Å². The molecule has 12 nitrogen and oxygen atoms in total. The summed E-state index contributed by atoms with van der Waals surface area (Å²) in [5.74, 6) is 0. The first-order valence-corrected chi connectivity index (χ1v) is 5.81. The van der Waals surface area contributed by atoms with Gasteiger partial charge in [0.15, 0.2) is 0 Å². The van der Waals surface area contributed by atoms with Crippen molar-refractivity contribution in [1.82, 2.24) is 0 Å². The standard InChI is InChI=1S/C8H12N4O8/c13-9(14)7(10(15)16)5-3-1-2-4-6-8(7,11(17)18)12(19)20/h1-6H2. The van der Waals surface area contributed by atoms with Crippen LogP contribution < -0.4 is 0 Å². The Hall–Kier alpha value is -2.40. The lowest BCUT2D eigenvalue weighted by Gasteiger charge is -2.25. The van der Waals surface area contributed by atoms with Gasteiger partial charge in [0.05, 0.1) is 0 Å². The highest BCUT2D eigenvalue weighted by molar-refractivity contribution is 4.87. The maximum atomic E-state index is 11.2. The molecular formula is C8H12N4O8. The van der Waals surface area contributed by atoms with Crippen LogP contribution in [-0.4, -0.2) is 31.0 Å². The third-order valence-corrected chi connectivity index (χ3v) is 3.65. The molecule has 1 rings (SSSR count). The molecule has 0 aromatic heterocycles. The van der Waals surface area contributed by atoms with E-state index in [-0.39, 0.29) is 12.8 Å². The zero-order chi connectivity index (χ0) is 15.6. The Morgan fingerprint density at radius 2 is 0.800 bits per heavy atom. The van der Waals surface area contributed by atoms with E-state index < -0.39 is 43.9 Å².